The minimum atomic E-state index is -0.836. The standard InChI is InChI=1S/C23H25N3O4/c1-14-8-9-15(2)18-12-25-11-17(22(24)28)20(27)21(19(25)23(29)26(18)10-14)30-13-16-6-4-3-5-7-16/h3-9,11,14-15,18H,10,12-13H2,1-2H3,(H2,24,28)/t14-,15-,18?/m0/s1. The molecule has 0 saturated heterocycles. The van der Waals surface area contributed by atoms with E-state index in [1.54, 1.807) is 4.57 Å². The van der Waals surface area contributed by atoms with E-state index in [1.165, 1.54) is 6.20 Å². The molecular formula is C23H25N3O4. The maximum atomic E-state index is 13.5. The number of pyridine rings is 1. The van der Waals surface area contributed by atoms with Gasteiger partial charge in [-0.15, -0.1) is 0 Å². The van der Waals surface area contributed by atoms with Crippen molar-refractivity contribution >= 4 is 11.8 Å². The zero-order valence-corrected chi connectivity index (χ0v) is 17.1. The molecule has 2 amide bonds. The van der Waals surface area contributed by atoms with E-state index in [0.717, 1.165) is 5.56 Å². The summed E-state index contributed by atoms with van der Waals surface area (Å²) < 4.78 is 7.50. The first-order chi connectivity index (χ1) is 14.4. The van der Waals surface area contributed by atoms with Gasteiger partial charge in [0.1, 0.15) is 12.2 Å². The van der Waals surface area contributed by atoms with E-state index in [1.807, 2.05) is 35.2 Å². The second-order valence-electron chi connectivity index (χ2n) is 8.09. The van der Waals surface area contributed by atoms with Crippen molar-refractivity contribution in [2.75, 3.05) is 6.54 Å². The lowest BCUT2D eigenvalue weighted by Crippen LogP contribution is -2.52. The van der Waals surface area contributed by atoms with Crippen LogP contribution in [0.3, 0.4) is 0 Å². The summed E-state index contributed by atoms with van der Waals surface area (Å²) in [5, 5.41) is 0. The van der Waals surface area contributed by atoms with Crippen molar-refractivity contribution in [1.82, 2.24) is 9.47 Å². The molecule has 3 heterocycles. The third kappa shape index (κ3) is 3.51. The lowest BCUT2D eigenvalue weighted by atomic mass is 9.97. The van der Waals surface area contributed by atoms with Gasteiger partial charge in [-0.25, -0.2) is 0 Å². The highest BCUT2D eigenvalue weighted by Crippen LogP contribution is 2.31. The Morgan fingerprint density at radius 1 is 1.13 bits per heavy atom. The zero-order chi connectivity index (χ0) is 21.4. The first-order valence-electron chi connectivity index (χ1n) is 10.1. The zero-order valence-electron chi connectivity index (χ0n) is 17.1. The van der Waals surface area contributed by atoms with Gasteiger partial charge in [0, 0.05) is 19.3 Å². The third-order valence-electron chi connectivity index (χ3n) is 5.81. The van der Waals surface area contributed by atoms with Crippen LogP contribution in [0.2, 0.25) is 0 Å². The van der Waals surface area contributed by atoms with Crippen molar-refractivity contribution in [3.63, 3.8) is 0 Å². The molecule has 2 aliphatic rings. The predicted molar refractivity (Wildman–Crippen MR) is 112 cm³/mol. The molecule has 2 aliphatic heterocycles. The van der Waals surface area contributed by atoms with E-state index in [2.05, 4.69) is 26.0 Å². The van der Waals surface area contributed by atoms with Gasteiger partial charge < -0.3 is 19.9 Å². The monoisotopic (exact) mass is 407 g/mol. The number of amides is 2. The number of primary amides is 1. The predicted octanol–water partition coefficient (Wildman–Crippen LogP) is 2.19. The average molecular weight is 407 g/mol. The number of nitrogens with zero attached hydrogens (tertiary/aromatic N) is 2. The van der Waals surface area contributed by atoms with Gasteiger partial charge in [0.25, 0.3) is 11.8 Å². The number of nitrogens with two attached hydrogens (primary N) is 1. The Hall–Kier alpha value is -3.35. The van der Waals surface area contributed by atoms with Crippen LogP contribution in [0.1, 0.15) is 40.3 Å². The summed E-state index contributed by atoms with van der Waals surface area (Å²) in [5.74, 6) is -0.867. The van der Waals surface area contributed by atoms with E-state index in [-0.39, 0.29) is 47.4 Å². The van der Waals surface area contributed by atoms with Gasteiger partial charge in [0.05, 0.1) is 6.04 Å². The summed E-state index contributed by atoms with van der Waals surface area (Å²) in [6.07, 6.45) is 5.64. The smallest absolute Gasteiger partial charge is 0.274 e. The van der Waals surface area contributed by atoms with Crippen LogP contribution in [0.15, 0.2) is 53.5 Å². The third-order valence-corrected chi connectivity index (χ3v) is 5.81. The Morgan fingerprint density at radius 2 is 1.87 bits per heavy atom. The number of rotatable bonds is 4. The van der Waals surface area contributed by atoms with Crippen LogP contribution in [0.25, 0.3) is 0 Å². The molecule has 30 heavy (non-hydrogen) atoms. The number of carbonyl (C=O) groups is 2. The average Bonchev–Trinajstić information content (AvgIpc) is 2.87. The molecule has 0 radical (unpaired) electrons. The highest BCUT2D eigenvalue weighted by Gasteiger charge is 2.39. The topological polar surface area (TPSA) is 94.6 Å². The number of benzene rings is 1. The van der Waals surface area contributed by atoms with Crippen LogP contribution >= 0.6 is 0 Å². The normalized spacial score (nSPS) is 22.8. The Kier molecular flexibility index (Phi) is 5.20. The van der Waals surface area contributed by atoms with Gasteiger partial charge in [0.2, 0.25) is 5.43 Å². The molecule has 0 spiro atoms. The molecule has 1 unspecified atom stereocenters. The summed E-state index contributed by atoms with van der Waals surface area (Å²) in [7, 11) is 0. The number of carbonyl (C=O) groups excluding carboxylic acids is 2. The van der Waals surface area contributed by atoms with Crippen LogP contribution in [-0.4, -0.2) is 33.9 Å². The molecule has 1 aromatic carbocycles. The molecule has 1 aromatic heterocycles. The number of hydrogen-bond donors (Lipinski definition) is 1. The molecule has 0 bridgehead atoms. The Labute approximate surface area is 174 Å². The Balaban J connectivity index is 1.81. The van der Waals surface area contributed by atoms with E-state index in [4.69, 9.17) is 10.5 Å². The number of aromatic nitrogens is 1. The first kappa shape index (κ1) is 19.9. The Bertz CT molecular complexity index is 1070. The molecule has 7 heteroatoms. The van der Waals surface area contributed by atoms with Gasteiger partial charge >= 0.3 is 0 Å². The minimum absolute atomic E-state index is 0.0728. The quantitative estimate of drug-likeness (QED) is 0.786. The Morgan fingerprint density at radius 3 is 2.57 bits per heavy atom. The summed E-state index contributed by atoms with van der Waals surface area (Å²) in [4.78, 5) is 40.2. The second-order valence-corrected chi connectivity index (χ2v) is 8.09. The van der Waals surface area contributed by atoms with Crippen molar-refractivity contribution in [3.8, 4) is 5.75 Å². The molecule has 7 nitrogen and oxygen atoms in total. The van der Waals surface area contributed by atoms with E-state index < -0.39 is 11.3 Å². The molecule has 3 atom stereocenters. The largest absolute Gasteiger partial charge is 0.483 e. The molecule has 0 fully saturated rings. The minimum Gasteiger partial charge on any atom is -0.483 e. The maximum absolute atomic E-state index is 13.5. The van der Waals surface area contributed by atoms with Gasteiger partial charge in [-0.3, -0.25) is 14.4 Å². The number of fused-ring (bicyclic) bond motifs is 2. The molecule has 0 saturated carbocycles. The number of ether oxygens (including phenoxy) is 1. The lowest BCUT2D eigenvalue weighted by molar-refractivity contribution is 0.0519. The summed E-state index contributed by atoms with van der Waals surface area (Å²) in [5.41, 5.74) is 5.65. The maximum Gasteiger partial charge on any atom is 0.274 e. The van der Waals surface area contributed by atoms with Crippen LogP contribution in [-0.2, 0) is 13.2 Å². The summed E-state index contributed by atoms with van der Waals surface area (Å²) in [6, 6.07) is 9.27. The molecule has 2 aromatic rings. The van der Waals surface area contributed by atoms with E-state index >= 15 is 0 Å². The molecule has 156 valence electrons. The van der Waals surface area contributed by atoms with Crippen molar-refractivity contribution in [2.24, 2.45) is 17.6 Å². The molecule has 0 aliphatic carbocycles. The fourth-order valence-corrected chi connectivity index (χ4v) is 4.16. The van der Waals surface area contributed by atoms with E-state index in [0.29, 0.717) is 13.1 Å². The van der Waals surface area contributed by atoms with Crippen molar-refractivity contribution in [3.05, 3.63) is 75.7 Å². The van der Waals surface area contributed by atoms with Crippen LogP contribution < -0.4 is 15.9 Å². The highest BCUT2D eigenvalue weighted by atomic mass is 16.5. The van der Waals surface area contributed by atoms with Gasteiger partial charge in [-0.2, -0.15) is 0 Å². The van der Waals surface area contributed by atoms with Crippen LogP contribution in [0, 0.1) is 11.8 Å². The van der Waals surface area contributed by atoms with Crippen LogP contribution in [0.5, 0.6) is 5.75 Å². The van der Waals surface area contributed by atoms with Crippen molar-refractivity contribution < 1.29 is 14.3 Å². The van der Waals surface area contributed by atoms with Crippen LogP contribution in [0.4, 0.5) is 0 Å². The van der Waals surface area contributed by atoms with E-state index in [9.17, 15) is 14.4 Å². The number of hydrogen-bond acceptors (Lipinski definition) is 4. The van der Waals surface area contributed by atoms with Gasteiger partial charge in [0.15, 0.2) is 11.4 Å². The van der Waals surface area contributed by atoms with Gasteiger partial charge in [-0.05, 0) is 17.4 Å². The second kappa shape index (κ2) is 7.82. The fourth-order valence-electron chi connectivity index (χ4n) is 4.16. The highest BCUT2D eigenvalue weighted by molar-refractivity contribution is 5.99. The summed E-state index contributed by atoms with van der Waals surface area (Å²) in [6.45, 7) is 5.25. The lowest BCUT2D eigenvalue weighted by Gasteiger charge is -2.40. The first-order valence-corrected chi connectivity index (χ1v) is 10.1. The SMILES string of the molecule is C[C@H]1C=C[C@H](C)C2Cn3cc(C(N)=O)c(=O)c(OCc4ccccc4)c3C(=O)N2C1. The molecular weight excluding hydrogens is 382 g/mol. The fraction of sp³-hybridized carbons (Fsp3) is 0.348. The van der Waals surface area contributed by atoms with Gasteiger partial charge in [-0.1, -0.05) is 56.3 Å². The molecule has 2 N–H and O–H groups in total. The van der Waals surface area contributed by atoms with Crippen molar-refractivity contribution in [2.45, 2.75) is 33.0 Å². The molecule has 4 rings (SSSR count). The summed E-state index contributed by atoms with van der Waals surface area (Å²) >= 11 is 0. The van der Waals surface area contributed by atoms with Crippen molar-refractivity contribution in [1.29, 1.82) is 0 Å².